The summed E-state index contributed by atoms with van der Waals surface area (Å²) in [5.41, 5.74) is 0.948. The van der Waals surface area contributed by atoms with E-state index in [9.17, 15) is 4.79 Å². The molecule has 1 aliphatic heterocycles. The third-order valence-corrected chi connectivity index (χ3v) is 3.22. The van der Waals surface area contributed by atoms with Gasteiger partial charge in [0.1, 0.15) is 17.4 Å². The Morgan fingerprint density at radius 1 is 1.45 bits per heavy atom. The number of anilines is 1. The van der Waals surface area contributed by atoms with Crippen LogP contribution in [0.1, 0.15) is 46.6 Å². The van der Waals surface area contributed by atoms with Gasteiger partial charge in [-0.25, -0.2) is 0 Å². The molecule has 0 spiro atoms. The first kappa shape index (κ1) is 12.8. The van der Waals surface area contributed by atoms with Crippen molar-refractivity contribution in [3.63, 3.8) is 0 Å². The lowest BCUT2D eigenvalue weighted by Crippen LogP contribution is -2.14. The molecule has 2 aromatic rings. The summed E-state index contributed by atoms with van der Waals surface area (Å²) in [7, 11) is 0. The molecule has 106 valence electrons. The second kappa shape index (κ2) is 5.04. The number of aromatic amines is 1. The Balaban J connectivity index is 1.73. The molecule has 1 amide bonds. The van der Waals surface area contributed by atoms with E-state index < -0.39 is 0 Å². The molecular weight excluding hydrogens is 262 g/mol. The van der Waals surface area contributed by atoms with Crippen molar-refractivity contribution in [2.75, 3.05) is 11.9 Å². The monoisotopic (exact) mass is 277 g/mol. The third-order valence-electron chi connectivity index (χ3n) is 3.22. The Hall–Kier alpha value is -2.22. The number of nitrogens with zero attached hydrogens (tertiary/aromatic N) is 3. The maximum Gasteiger partial charge on any atom is 0.263 e. The molecule has 0 unspecified atom stereocenters. The fourth-order valence-electron chi connectivity index (χ4n) is 2.24. The predicted octanol–water partition coefficient (Wildman–Crippen LogP) is 1.51. The third kappa shape index (κ3) is 2.29. The average molecular weight is 277 g/mol. The molecule has 8 nitrogen and oxygen atoms in total. The highest BCUT2D eigenvalue weighted by molar-refractivity contribution is 6.04. The number of aryl methyl sites for hydroxylation is 2. The fourth-order valence-corrected chi connectivity index (χ4v) is 2.24. The molecule has 8 heteroatoms. The van der Waals surface area contributed by atoms with Crippen LogP contribution in [-0.2, 0) is 4.74 Å². The first-order chi connectivity index (χ1) is 9.65. The summed E-state index contributed by atoms with van der Waals surface area (Å²) < 4.78 is 10.5. The van der Waals surface area contributed by atoms with Gasteiger partial charge in [0.25, 0.3) is 5.91 Å². The summed E-state index contributed by atoms with van der Waals surface area (Å²) in [4.78, 5) is 16.3. The Kier molecular flexibility index (Phi) is 3.23. The molecule has 2 N–H and O–H groups in total. The topological polar surface area (TPSA) is 106 Å². The second-order valence-corrected chi connectivity index (χ2v) is 4.70. The molecule has 3 rings (SSSR count). The number of carbonyl (C=O) groups is 1. The van der Waals surface area contributed by atoms with Gasteiger partial charge in [0.15, 0.2) is 5.82 Å². The van der Waals surface area contributed by atoms with Crippen LogP contribution in [0.2, 0.25) is 0 Å². The van der Waals surface area contributed by atoms with Crippen LogP contribution < -0.4 is 5.32 Å². The Labute approximate surface area is 114 Å². The number of H-pyrrole nitrogens is 1. The summed E-state index contributed by atoms with van der Waals surface area (Å²) in [6, 6.07) is 0. The molecule has 0 aliphatic carbocycles. The maximum absolute atomic E-state index is 12.1. The van der Waals surface area contributed by atoms with Crippen LogP contribution in [0, 0.1) is 13.8 Å². The lowest BCUT2D eigenvalue weighted by Gasteiger charge is -2.03. The number of rotatable bonds is 3. The van der Waals surface area contributed by atoms with Gasteiger partial charge in [0.05, 0.1) is 5.69 Å². The molecule has 1 atom stereocenters. The first-order valence-electron chi connectivity index (χ1n) is 6.43. The van der Waals surface area contributed by atoms with Crippen molar-refractivity contribution in [3.8, 4) is 0 Å². The summed E-state index contributed by atoms with van der Waals surface area (Å²) in [6.45, 7) is 4.12. The summed E-state index contributed by atoms with van der Waals surface area (Å²) in [5, 5.41) is 13.1. The quantitative estimate of drug-likeness (QED) is 0.880. The number of hydrogen-bond donors (Lipinski definition) is 2. The van der Waals surface area contributed by atoms with E-state index >= 15 is 0 Å². The van der Waals surface area contributed by atoms with Gasteiger partial charge in [-0.2, -0.15) is 4.98 Å². The standard InChI is InChI=1S/C12H15N5O3/c1-6-9(7(2)20-17-6)11(18)14-12-13-10(15-16-12)8-4-3-5-19-8/h8H,3-5H2,1-2H3,(H2,13,14,15,16,18)/t8-/m0/s1. The van der Waals surface area contributed by atoms with E-state index in [1.165, 1.54) is 0 Å². The van der Waals surface area contributed by atoms with Crippen LogP contribution in [0.25, 0.3) is 0 Å². The van der Waals surface area contributed by atoms with Crippen molar-refractivity contribution < 1.29 is 14.1 Å². The molecule has 20 heavy (non-hydrogen) atoms. The minimum Gasteiger partial charge on any atom is -0.370 e. The molecule has 1 fully saturated rings. The summed E-state index contributed by atoms with van der Waals surface area (Å²) in [5.74, 6) is 0.992. The van der Waals surface area contributed by atoms with Gasteiger partial charge in [-0.15, -0.1) is 5.10 Å². The van der Waals surface area contributed by atoms with Gasteiger partial charge in [-0.05, 0) is 26.7 Å². The van der Waals surface area contributed by atoms with Crippen LogP contribution in [0.3, 0.4) is 0 Å². The first-order valence-corrected chi connectivity index (χ1v) is 6.43. The van der Waals surface area contributed by atoms with Gasteiger partial charge < -0.3 is 9.26 Å². The number of hydrogen-bond acceptors (Lipinski definition) is 6. The van der Waals surface area contributed by atoms with Gasteiger partial charge in [-0.1, -0.05) is 5.16 Å². The van der Waals surface area contributed by atoms with Crippen molar-refractivity contribution in [1.29, 1.82) is 0 Å². The van der Waals surface area contributed by atoms with Crippen molar-refractivity contribution in [2.24, 2.45) is 0 Å². The van der Waals surface area contributed by atoms with E-state index in [1.54, 1.807) is 13.8 Å². The fraction of sp³-hybridized carbons (Fsp3) is 0.500. The van der Waals surface area contributed by atoms with Crippen molar-refractivity contribution in [2.45, 2.75) is 32.8 Å². The molecule has 0 aromatic carbocycles. The highest BCUT2D eigenvalue weighted by atomic mass is 16.5. The number of nitrogens with one attached hydrogen (secondary N) is 2. The van der Waals surface area contributed by atoms with Gasteiger partial charge in [0, 0.05) is 6.61 Å². The van der Waals surface area contributed by atoms with Crippen molar-refractivity contribution in [1.82, 2.24) is 20.3 Å². The maximum atomic E-state index is 12.1. The smallest absolute Gasteiger partial charge is 0.263 e. The van der Waals surface area contributed by atoms with E-state index in [1.807, 2.05) is 0 Å². The minimum atomic E-state index is -0.334. The molecule has 0 bridgehead atoms. The van der Waals surface area contributed by atoms with E-state index in [4.69, 9.17) is 9.26 Å². The van der Waals surface area contributed by atoms with Crippen molar-refractivity contribution >= 4 is 11.9 Å². The highest BCUT2D eigenvalue weighted by Crippen LogP contribution is 2.26. The van der Waals surface area contributed by atoms with Gasteiger partial charge in [-0.3, -0.25) is 15.2 Å². The summed E-state index contributed by atoms with van der Waals surface area (Å²) >= 11 is 0. The van der Waals surface area contributed by atoms with E-state index in [0.29, 0.717) is 22.8 Å². The zero-order chi connectivity index (χ0) is 14.1. The lowest BCUT2D eigenvalue weighted by molar-refractivity contribution is 0.102. The minimum absolute atomic E-state index is 0.0628. The molecule has 2 aromatic heterocycles. The van der Waals surface area contributed by atoms with Crippen LogP contribution in [-0.4, -0.2) is 32.9 Å². The zero-order valence-corrected chi connectivity index (χ0v) is 11.3. The predicted molar refractivity (Wildman–Crippen MR) is 68.2 cm³/mol. The van der Waals surface area contributed by atoms with E-state index in [-0.39, 0.29) is 18.0 Å². The normalized spacial score (nSPS) is 18.4. The number of amides is 1. The summed E-state index contributed by atoms with van der Waals surface area (Å²) in [6.07, 6.45) is 1.85. The zero-order valence-electron chi connectivity index (χ0n) is 11.3. The number of carbonyl (C=O) groups excluding carboxylic acids is 1. The molecular formula is C12H15N5O3. The van der Waals surface area contributed by atoms with Crippen LogP contribution in [0.5, 0.6) is 0 Å². The molecule has 0 saturated carbocycles. The Morgan fingerprint density at radius 2 is 2.30 bits per heavy atom. The average Bonchev–Trinajstić information content (AvgIpc) is 3.10. The molecule has 3 heterocycles. The van der Waals surface area contributed by atoms with Gasteiger partial charge in [0.2, 0.25) is 5.95 Å². The van der Waals surface area contributed by atoms with Gasteiger partial charge >= 0.3 is 0 Å². The Bertz CT molecular complexity index is 607. The highest BCUT2D eigenvalue weighted by Gasteiger charge is 2.23. The van der Waals surface area contributed by atoms with Crippen molar-refractivity contribution in [3.05, 3.63) is 22.8 Å². The largest absolute Gasteiger partial charge is 0.370 e. The SMILES string of the molecule is Cc1noc(C)c1C(=O)Nc1n[nH]c([C@@H]2CCCO2)n1. The second-order valence-electron chi connectivity index (χ2n) is 4.70. The van der Waals surface area contributed by atoms with Crippen LogP contribution >= 0.6 is 0 Å². The molecule has 1 saturated heterocycles. The van der Waals surface area contributed by atoms with Crippen LogP contribution in [0.15, 0.2) is 4.52 Å². The Morgan fingerprint density at radius 3 is 2.95 bits per heavy atom. The molecule has 1 aliphatic rings. The number of aromatic nitrogens is 4. The molecule has 0 radical (unpaired) electrons. The lowest BCUT2D eigenvalue weighted by atomic mass is 10.2. The number of ether oxygens (including phenoxy) is 1. The van der Waals surface area contributed by atoms with Crippen LogP contribution in [0.4, 0.5) is 5.95 Å². The van der Waals surface area contributed by atoms with E-state index in [0.717, 1.165) is 19.4 Å². The van der Waals surface area contributed by atoms with E-state index in [2.05, 4.69) is 25.7 Å².